The number of hydrogen-bond acceptors (Lipinski definition) is 4. The van der Waals surface area contributed by atoms with Crippen LogP contribution in [0.15, 0.2) is 54.1 Å². The quantitative estimate of drug-likeness (QED) is 0.595. The SMILES string of the molecule is COc1ccc(CC2(O)/C(=C\c3ccc(Cl)cc3)CCCCC2CN2CCN(C)CC2)cc1. The van der Waals surface area contributed by atoms with E-state index in [4.69, 9.17) is 16.3 Å². The van der Waals surface area contributed by atoms with Crippen LogP contribution in [-0.2, 0) is 6.42 Å². The molecule has 4 nitrogen and oxygen atoms in total. The summed E-state index contributed by atoms with van der Waals surface area (Å²) in [6, 6.07) is 16.1. The van der Waals surface area contributed by atoms with Crippen molar-refractivity contribution in [2.24, 2.45) is 5.92 Å². The fraction of sp³-hybridized carbons (Fsp3) is 0.500. The molecule has 0 aromatic heterocycles. The molecular formula is C28H37ClN2O2. The van der Waals surface area contributed by atoms with Crippen molar-refractivity contribution >= 4 is 17.7 Å². The maximum Gasteiger partial charge on any atom is 0.118 e. The molecule has 1 aliphatic carbocycles. The summed E-state index contributed by atoms with van der Waals surface area (Å²) in [6.45, 7) is 5.27. The van der Waals surface area contributed by atoms with Crippen LogP contribution in [0.1, 0.15) is 36.8 Å². The second-order valence-electron chi connectivity index (χ2n) is 9.72. The van der Waals surface area contributed by atoms with Gasteiger partial charge in [-0.15, -0.1) is 0 Å². The van der Waals surface area contributed by atoms with Crippen molar-refractivity contribution in [1.82, 2.24) is 9.80 Å². The van der Waals surface area contributed by atoms with Crippen molar-refractivity contribution in [3.63, 3.8) is 0 Å². The molecule has 33 heavy (non-hydrogen) atoms. The molecule has 0 spiro atoms. The Hall–Kier alpha value is -1.85. The molecule has 2 atom stereocenters. The lowest BCUT2D eigenvalue weighted by Crippen LogP contribution is -2.51. The number of hydrogen-bond donors (Lipinski definition) is 1. The van der Waals surface area contributed by atoms with Crippen LogP contribution in [0.2, 0.25) is 5.02 Å². The Morgan fingerprint density at radius 1 is 1.03 bits per heavy atom. The fourth-order valence-corrected chi connectivity index (χ4v) is 5.40. The molecule has 1 aliphatic heterocycles. The summed E-state index contributed by atoms with van der Waals surface area (Å²) in [4.78, 5) is 4.94. The van der Waals surface area contributed by atoms with E-state index in [1.807, 2.05) is 36.4 Å². The molecule has 2 aliphatic rings. The lowest BCUT2D eigenvalue weighted by molar-refractivity contribution is -0.00644. The summed E-state index contributed by atoms with van der Waals surface area (Å²) in [5.74, 6) is 1.04. The molecule has 1 N–H and O–H groups in total. The highest BCUT2D eigenvalue weighted by Gasteiger charge is 2.42. The van der Waals surface area contributed by atoms with Gasteiger partial charge in [-0.25, -0.2) is 0 Å². The maximum absolute atomic E-state index is 12.5. The van der Waals surface area contributed by atoms with Crippen LogP contribution in [0.3, 0.4) is 0 Å². The second-order valence-corrected chi connectivity index (χ2v) is 10.2. The van der Waals surface area contributed by atoms with Gasteiger partial charge in [0.05, 0.1) is 12.7 Å². The first-order valence-corrected chi connectivity index (χ1v) is 12.6. The molecule has 1 saturated carbocycles. The normalized spacial score (nSPS) is 26.3. The van der Waals surface area contributed by atoms with Crippen LogP contribution in [0, 0.1) is 5.92 Å². The lowest BCUT2D eigenvalue weighted by atomic mass is 9.74. The molecule has 2 aromatic carbocycles. The first-order valence-electron chi connectivity index (χ1n) is 12.2. The molecule has 0 bridgehead atoms. The van der Waals surface area contributed by atoms with Gasteiger partial charge in [-0.1, -0.05) is 48.4 Å². The summed E-state index contributed by atoms with van der Waals surface area (Å²) in [7, 11) is 3.88. The Morgan fingerprint density at radius 2 is 1.73 bits per heavy atom. The fourth-order valence-electron chi connectivity index (χ4n) is 5.28. The molecule has 0 radical (unpaired) electrons. The van der Waals surface area contributed by atoms with Gasteiger partial charge in [0.1, 0.15) is 5.75 Å². The number of benzene rings is 2. The Morgan fingerprint density at radius 3 is 2.39 bits per heavy atom. The van der Waals surface area contributed by atoms with Gasteiger partial charge in [-0.2, -0.15) is 0 Å². The Kier molecular flexibility index (Phi) is 8.13. The summed E-state index contributed by atoms with van der Waals surface area (Å²) < 4.78 is 5.35. The number of halogens is 1. The van der Waals surface area contributed by atoms with Crippen LogP contribution >= 0.6 is 11.6 Å². The van der Waals surface area contributed by atoms with E-state index in [1.54, 1.807) is 7.11 Å². The minimum Gasteiger partial charge on any atom is -0.497 e. The largest absolute Gasteiger partial charge is 0.497 e. The average molecular weight is 469 g/mol. The number of ether oxygens (including phenoxy) is 1. The van der Waals surface area contributed by atoms with E-state index >= 15 is 0 Å². The van der Waals surface area contributed by atoms with Gasteiger partial charge in [-0.3, -0.25) is 0 Å². The molecule has 2 fully saturated rings. The number of nitrogens with zero attached hydrogens (tertiary/aromatic N) is 2. The average Bonchev–Trinajstić information content (AvgIpc) is 2.96. The first kappa shape index (κ1) is 24.3. The summed E-state index contributed by atoms with van der Waals surface area (Å²) in [5, 5.41) is 13.2. The van der Waals surface area contributed by atoms with Gasteiger partial charge in [0.2, 0.25) is 0 Å². The summed E-state index contributed by atoms with van der Waals surface area (Å²) >= 11 is 6.12. The van der Waals surface area contributed by atoms with Crippen LogP contribution in [-0.4, -0.2) is 67.4 Å². The number of aliphatic hydroxyl groups is 1. The van der Waals surface area contributed by atoms with Gasteiger partial charge in [0, 0.05) is 50.1 Å². The minimum atomic E-state index is -0.881. The highest BCUT2D eigenvalue weighted by molar-refractivity contribution is 6.30. The van der Waals surface area contributed by atoms with Gasteiger partial charge in [0.15, 0.2) is 0 Å². The minimum absolute atomic E-state index is 0.198. The predicted octanol–water partition coefficient (Wildman–Crippen LogP) is 5.14. The molecule has 2 aromatic rings. The zero-order valence-corrected chi connectivity index (χ0v) is 20.7. The van der Waals surface area contributed by atoms with Gasteiger partial charge in [0.25, 0.3) is 0 Å². The highest BCUT2D eigenvalue weighted by atomic mass is 35.5. The van der Waals surface area contributed by atoms with Crippen molar-refractivity contribution in [2.45, 2.75) is 37.7 Å². The highest BCUT2D eigenvalue weighted by Crippen LogP contribution is 2.41. The van der Waals surface area contributed by atoms with E-state index in [0.717, 1.165) is 85.9 Å². The topological polar surface area (TPSA) is 35.9 Å². The number of piperazine rings is 1. The first-order chi connectivity index (χ1) is 16.0. The maximum atomic E-state index is 12.5. The van der Waals surface area contributed by atoms with Crippen LogP contribution < -0.4 is 4.74 Å². The molecule has 1 saturated heterocycles. The lowest BCUT2D eigenvalue weighted by Gasteiger charge is -2.42. The van der Waals surface area contributed by atoms with E-state index in [-0.39, 0.29) is 5.92 Å². The van der Waals surface area contributed by atoms with E-state index in [2.05, 4.69) is 35.1 Å². The Balaban J connectivity index is 1.66. The Bertz CT molecular complexity index is 920. The Labute approximate surface area is 203 Å². The molecule has 2 unspecified atom stereocenters. The van der Waals surface area contributed by atoms with Gasteiger partial charge >= 0.3 is 0 Å². The third-order valence-corrected chi connectivity index (χ3v) is 7.65. The van der Waals surface area contributed by atoms with Crippen molar-refractivity contribution in [1.29, 1.82) is 0 Å². The number of likely N-dealkylation sites (N-methyl/N-ethyl adjacent to an activating group) is 1. The zero-order chi connectivity index (χ0) is 23.3. The molecule has 1 heterocycles. The van der Waals surface area contributed by atoms with Crippen LogP contribution in [0.5, 0.6) is 5.75 Å². The second kappa shape index (κ2) is 11.1. The zero-order valence-electron chi connectivity index (χ0n) is 20.0. The van der Waals surface area contributed by atoms with E-state index in [1.165, 1.54) is 0 Å². The summed E-state index contributed by atoms with van der Waals surface area (Å²) in [6.07, 6.45) is 7.08. The molecular weight excluding hydrogens is 432 g/mol. The van der Waals surface area contributed by atoms with Gasteiger partial charge in [-0.05, 0) is 67.3 Å². The monoisotopic (exact) mass is 468 g/mol. The third kappa shape index (κ3) is 6.19. The van der Waals surface area contributed by atoms with Crippen molar-refractivity contribution in [3.05, 3.63) is 70.3 Å². The summed E-state index contributed by atoms with van der Waals surface area (Å²) in [5.41, 5.74) is 2.51. The van der Waals surface area contributed by atoms with Gasteiger partial charge < -0.3 is 19.6 Å². The smallest absolute Gasteiger partial charge is 0.118 e. The molecule has 178 valence electrons. The third-order valence-electron chi connectivity index (χ3n) is 7.40. The number of rotatable bonds is 6. The standard InChI is InChI=1S/C28H37ClN2O2/c1-30-15-17-31(18-16-30)21-25-6-4-3-5-24(19-22-7-11-26(29)12-8-22)28(25,32)20-23-9-13-27(33-2)14-10-23/h7-14,19,25,32H,3-6,15-18,20-21H2,1-2H3/b24-19-. The van der Waals surface area contributed by atoms with E-state index < -0.39 is 5.60 Å². The predicted molar refractivity (Wildman–Crippen MR) is 137 cm³/mol. The van der Waals surface area contributed by atoms with Crippen molar-refractivity contribution in [3.8, 4) is 5.75 Å². The van der Waals surface area contributed by atoms with Crippen molar-refractivity contribution in [2.75, 3.05) is 46.9 Å². The van der Waals surface area contributed by atoms with E-state index in [9.17, 15) is 5.11 Å². The van der Waals surface area contributed by atoms with Crippen LogP contribution in [0.4, 0.5) is 0 Å². The molecule has 0 amide bonds. The molecule has 5 heteroatoms. The number of methoxy groups -OCH3 is 1. The van der Waals surface area contributed by atoms with Crippen LogP contribution in [0.25, 0.3) is 6.08 Å². The van der Waals surface area contributed by atoms with E-state index in [0.29, 0.717) is 6.42 Å². The molecule has 4 rings (SSSR count). The van der Waals surface area contributed by atoms with Crippen molar-refractivity contribution < 1.29 is 9.84 Å².